The van der Waals surface area contributed by atoms with Crippen molar-refractivity contribution in [2.45, 2.75) is 0 Å². The molecule has 1 nitrogen and oxygen atoms in total. The maximum Gasteiger partial charge on any atom is 0.136 e. The number of furan rings is 1. The van der Waals surface area contributed by atoms with Gasteiger partial charge in [-0.15, -0.1) is 0 Å². The highest BCUT2D eigenvalue weighted by atomic mass is 16.3. The van der Waals surface area contributed by atoms with Crippen LogP contribution in [0.25, 0.3) is 87.6 Å². The first-order valence-electron chi connectivity index (χ1n) is 16.2. The Bertz CT molecular complexity index is 2660. The minimum atomic E-state index is -0.390. The largest absolute Gasteiger partial charge is 0.456 e. The lowest BCUT2D eigenvalue weighted by molar-refractivity contribution is 0.669. The Morgan fingerprint density at radius 3 is 1.78 bits per heavy atom. The molecule has 0 radical (unpaired) electrons. The molecular formula is C40H24O. The van der Waals surface area contributed by atoms with Crippen molar-refractivity contribution >= 4 is 54.3 Å². The Morgan fingerprint density at radius 2 is 1.05 bits per heavy atom. The van der Waals surface area contributed by atoms with E-state index in [2.05, 4.69) is 72.8 Å². The van der Waals surface area contributed by atoms with E-state index < -0.39 is 0 Å². The summed E-state index contributed by atoms with van der Waals surface area (Å²) in [6.07, 6.45) is 0. The van der Waals surface area contributed by atoms with Gasteiger partial charge in [-0.3, -0.25) is 0 Å². The van der Waals surface area contributed by atoms with Crippen molar-refractivity contribution in [2.75, 3.05) is 0 Å². The van der Waals surface area contributed by atoms with Gasteiger partial charge in [0.05, 0.1) is 6.85 Å². The summed E-state index contributed by atoms with van der Waals surface area (Å²) in [5.74, 6) is 0. The van der Waals surface area contributed by atoms with E-state index in [1.54, 1.807) is 0 Å². The molecule has 1 heterocycles. The molecule has 41 heavy (non-hydrogen) atoms. The lowest BCUT2D eigenvalue weighted by atomic mass is 9.87. The second-order valence-corrected chi connectivity index (χ2v) is 10.5. The highest BCUT2D eigenvalue weighted by Gasteiger charge is 2.16. The quantitative estimate of drug-likeness (QED) is 0.209. The Kier molecular flexibility index (Phi) is 3.76. The predicted molar refractivity (Wildman–Crippen MR) is 174 cm³/mol. The van der Waals surface area contributed by atoms with Crippen LogP contribution in [0, 0.1) is 0 Å². The molecule has 0 N–H and O–H groups in total. The third kappa shape index (κ3) is 3.36. The fraction of sp³-hybridized carbons (Fsp3) is 0. The summed E-state index contributed by atoms with van der Waals surface area (Å²) in [6.45, 7) is 0. The minimum absolute atomic E-state index is 0.197. The van der Waals surface area contributed by atoms with E-state index in [0.717, 1.165) is 70.9 Å². The molecule has 0 spiro atoms. The molecule has 0 bridgehead atoms. The third-order valence-corrected chi connectivity index (χ3v) is 8.32. The van der Waals surface area contributed by atoms with Gasteiger partial charge in [0.2, 0.25) is 0 Å². The zero-order valence-corrected chi connectivity index (χ0v) is 21.9. The monoisotopic (exact) mass is 525 g/mol. The Labute approximate surface area is 244 Å². The normalized spacial score (nSPS) is 13.6. The van der Waals surface area contributed by atoms with Crippen LogP contribution in [0.2, 0.25) is 0 Å². The molecule has 0 fully saturated rings. The zero-order chi connectivity index (χ0) is 31.3. The van der Waals surface area contributed by atoms with Gasteiger partial charge in [0.25, 0.3) is 0 Å². The number of hydrogen-bond donors (Lipinski definition) is 0. The van der Waals surface area contributed by atoms with Gasteiger partial charge in [-0.25, -0.2) is 0 Å². The van der Waals surface area contributed by atoms with Crippen LogP contribution in [-0.4, -0.2) is 0 Å². The van der Waals surface area contributed by atoms with Gasteiger partial charge >= 0.3 is 0 Å². The van der Waals surface area contributed by atoms with E-state index >= 15 is 0 Å². The standard InChI is InChI=1S/C40H24O/c1-3-7-25(8-4-1)29-16-22-37-36(23-29)33-19-15-30(24-38(33)41-37)32-18-12-28-13-20-34-31(26-9-5-2-6-10-26)17-11-27-14-21-35(32)40(28)39(27)34/h1-24H/i2D,5D,6D,9D,10D. The third-order valence-electron chi connectivity index (χ3n) is 8.32. The van der Waals surface area contributed by atoms with Crippen LogP contribution in [0.5, 0.6) is 0 Å². The molecule has 0 saturated heterocycles. The molecule has 0 saturated carbocycles. The average molecular weight is 526 g/mol. The first-order chi connectivity index (χ1) is 22.4. The van der Waals surface area contributed by atoms with Crippen molar-refractivity contribution in [3.63, 3.8) is 0 Å². The lowest BCUT2D eigenvalue weighted by Gasteiger charge is -2.16. The van der Waals surface area contributed by atoms with E-state index in [4.69, 9.17) is 11.3 Å². The minimum Gasteiger partial charge on any atom is -0.456 e. The zero-order valence-electron chi connectivity index (χ0n) is 26.9. The Balaban J connectivity index is 1.25. The smallest absolute Gasteiger partial charge is 0.136 e. The molecule has 0 aliphatic carbocycles. The van der Waals surface area contributed by atoms with Gasteiger partial charge in [0.1, 0.15) is 11.2 Å². The van der Waals surface area contributed by atoms with Crippen molar-refractivity contribution in [1.82, 2.24) is 0 Å². The fourth-order valence-electron chi connectivity index (χ4n) is 6.41. The van der Waals surface area contributed by atoms with Crippen LogP contribution in [0.1, 0.15) is 6.85 Å². The highest BCUT2D eigenvalue weighted by molar-refractivity contribution is 6.27. The van der Waals surface area contributed by atoms with Crippen molar-refractivity contribution in [3.05, 3.63) is 145 Å². The van der Waals surface area contributed by atoms with Crippen LogP contribution in [0.4, 0.5) is 0 Å². The number of rotatable bonds is 3. The topological polar surface area (TPSA) is 13.1 Å². The lowest BCUT2D eigenvalue weighted by Crippen LogP contribution is -1.89. The Hall–Kier alpha value is -5.40. The van der Waals surface area contributed by atoms with Gasteiger partial charge in [-0.05, 0) is 90.0 Å². The van der Waals surface area contributed by atoms with Crippen molar-refractivity contribution < 1.29 is 11.3 Å². The van der Waals surface area contributed by atoms with Crippen LogP contribution < -0.4 is 0 Å². The number of benzene rings is 8. The second kappa shape index (κ2) is 8.55. The van der Waals surface area contributed by atoms with Gasteiger partial charge in [-0.1, -0.05) is 121 Å². The molecule has 9 rings (SSSR count). The van der Waals surface area contributed by atoms with E-state index in [1.807, 2.05) is 42.5 Å². The van der Waals surface area contributed by atoms with Crippen LogP contribution in [-0.2, 0) is 0 Å². The van der Waals surface area contributed by atoms with E-state index in [-0.39, 0.29) is 35.8 Å². The van der Waals surface area contributed by atoms with E-state index in [1.165, 1.54) is 5.56 Å². The summed E-state index contributed by atoms with van der Waals surface area (Å²) < 4.78 is 48.2. The number of fused-ring (bicyclic) bond motifs is 3. The second-order valence-electron chi connectivity index (χ2n) is 10.5. The van der Waals surface area contributed by atoms with Crippen LogP contribution in [0.3, 0.4) is 0 Å². The van der Waals surface area contributed by atoms with Crippen LogP contribution in [0.15, 0.2) is 150 Å². The summed E-state index contributed by atoms with van der Waals surface area (Å²) >= 11 is 0. The van der Waals surface area contributed by atoms with Gasteiger partial charge in [0, 0.05) is 10.8 Å². The summed E-state index contributed by atoms with van der Waals surface area (Å²) in [7, 11) is 0. The highest BCUT2D eigenvalue weighted by Crippen LogP contribution is 2.43. The molecule has 190 valence electrons. The molecule has 1 aromatic heterocycles. The summed E-state index contributed by atoms with van der Waals surface area (Å²) in [5.41, 5.74) is 6.95. The van der Waals surface area contributed by atoms with Gasteiger partial charge < -0.3 is 4.42 Å². The van der Waals surface area contributed by atoms with Crippen molar-refractivity contribution in [2.24, 2.45) is 0 Å². The SMILES string of the molecule is [2H]c1c([2H])c([2H])c(-c2ccc3ccc4c(-c5ccc6c(c5)oc5ccc(-c7ccccc7)cc56)ccc5ccc2c3c54)c([2H])c1[2H]. The molecule has 0 atom stereocenters. The average Bonchev–Trinajstić information content (AvgIpc) is 3.47. The summed E-state index contributed by atoms with van der Waals surface area (Å²) in [5, 5.41) is 8.29. The molecular weight excluding hydrogens is 496 g/mol. The molecule has 0 unspecified atom stereocenters. The maximum absolute atomic E-state index is 8.63. The Morgan fingerprint density at radius 1 is 0.415 bits per heavy atom. The first kappa shape index (κ1) is 18.0. The van der Waals surface area contributed by atoms with Crippen molar-refractivity contribution in [1.29, 1.82) is 0 Å². The summed E-state index contributed by atoms with van der Waals surface area (Å²) in [6, 6.07) is 38.1. The molecule has 0 amide bonds. The number of hydrogen-bond acceptors (Lipinski definition) is 1. The summed E-state index contributed by atoms with van der Waals surface area (Å²) in [4.78, 5) is 0. The molecule has 0 aliphatic rings. The molecule has 9 aromatic rings. The molecule has 1 heteroatoms. The van der Waals surface area contributed by atoms with Crippen LogP contribution >= 0.6 is 0 Å². The predicted octanol–water partition coefficient (Wildman–Crippen LogP) is 11.5. The maximum atomic E-state index is 8.63. The fourth-order valence-corrected chi connectivity index (χ4v) is 6.41. The van der Waals surface area contributed by atoms with E-state index in [0.29, 0.717) is 5.56 Å². The molecule has 8 aromatic carbocycles. The first-order valence-corrected chi connectivity index (χ1v) is 13.7. The van der Waals surface area contributed by atoms with E-state index in [9.17, 15) is 0 Å². The van der Waals surface area contributed by atoms with Crippen molar-refractivity contribution in [3.8, 4) is 33.4 Å². The van der Waals surface area contributed by atoms with Gasteiger partial charge in [0.15, 0.2) is 0 Å². The molecule has 0 aliphatic heterocycles. The van der Waals surface area contributed by atoms with Gasteiger partial charge in [-0.2, -0.15) is 0 Å².